The Kier molecular flexibility index (Phi) is 5.94. The van der Waals surface area contributed by atoms with Gasteiger partial charge >= 0.3 is 5.97 Å². The molecular weight excluding hydrogens is 411 g/mol. The molecule has 0 heterocycles. The van der Waals surface area contributed by atoms with E-state index in [4.69, 9.17) is 4.74 Å². The van der Waals surface area contributed by atoms with E-state index in [2.05, 4.69) is 15.9 Å². The Morgan fingerprint density at radius 3 is 2.15 bits per heavy atom. The van der Waals surface area contributed by atoms with Crippen molar-refractivity contribution >= 4 is 33.8 Å². The first-order valence-electron chi connectivity index (χ1n) is 8.08. The molecule has 0 saturated heterocycles. The minimum Gasteiger partial charge on any atom is -0.423 e. The van der Waals surface area contributed by atoms with Crippen molar-refractivity contribution in [3.63, 3.8) is 0 Å². The van der Waals surface area contributed by atoms with Crippen LogP contribution in [0.25, 0.3) is 6.08 Å². The summed E-state index contributed by atoms with van der Waals surface area (Å²) in [5, 5.41) is 0. The zero-order valence-electron chi connectivity index (χ0n) is 14.1. The van der Waals surface area contributed by atoms with Gasteiger partial charge in [0.2, 0.25) is 0 Å². The Labute approximate surface area is 164 Å². The van der Waals surface area contributed by atoms with Gasteiger partial charge in [-0.05, 0) is 66.7 Å². The van der Waals surface area contributed by atoms with Crippen LogP contribution >= 0.6 is 15.9 Å². The number of ketones is 1. The minimum atomic E-state index is -0.485. The summed E-state index contributed by atoms with van der Waals surface area (Å²) in [7, 11) is 0. The number of ether oxygens (including phenoxy) is 1. The molecule has 0 aromatic heterocycles. The molecule has 0 unspecified atom stereocenters. The van der Waals surface area contributed by atoms with Crippen molar-refractivity contribution in [2.75, 3.05) is 0 Å². The first kappa shape index (κ1) is 18.7. The summed E-state index contributed by atoms with van der Waals surface area (Å²) in [5.41, 5.74) is 1.17. The number of hydrogen-bond acceptors (Lipinski definition) is 3. The molecule has 0 N–H and O–H groups in total. The van der Waals surface area contributed by atoms with Crippen LogP contribution in [0.3, 0.4) is 0 Å². The smallest absolute Gasteiger partial charge is 0.343 e. The van der Waals surface area contributed by atoms with Crippen molar-refractivity contribution in [3.05, 3.63) is 106 Å². The number of benzene rings is 3. The highest BCUT2D eigenvalue weighted by molar-refractivity contribution is 9.10. The first-order valence-corrected chi connectivity index (χ1v) is 8.87. The van der Waals surface area contributed by atoms with Gasteiger partial charge in [0.25, 0.3) is 0 Å². The van der Waals surface area contributed by atoms with E-state index in [0.717, 1.165) is 4.47 Å². The van der Waals surface area contributed by atoms with Gasteiger partial charge in [0.15, 0.2) is 5.78 Å². The maximum Gasteiger partial charge on any atom is 0.343 e. The highest BCUT2D eigenvalue weighted by Crippen LogP contribution is 2.17. The van der Waals surface area contributed by atoms with Crippen molar-refractivity contribution < 1.29 is 18.7 Å². The topological polar surface area (TPSA) is 43.4 Å². The Hall–Kier alpha value is -3.05. The van der Waals surface area contributed by atoms with Crippen LogP contribution < -0.4 is 4.74 Å². The van der Waals surface area contributed by atoms with Crippen molar-refractivity contribution in [3.8, 4) is 5.75 Å². The summed E-state index contributed by atoms with van der Waals surface area (Å²) in [4.78, 5) is 24.3. The quantitative estimate of drug-likeness (QED) is 0.228. The van der Waals surface area contributed by atoms with Gasteiger partial charge in [0, 0.05) is 15.6 Å². The fourth-order valence-corrected chi connectivity index (χ4v) is 2.58. The molecular formula is C22H14BrFO3. The highest BCUT2D eigenvalue weighted by atomic mass is 79.9. The van der Waals surface area contributed by atoms with E-state index in [0.29, 0.717) is 22.4 Å². The molecule has 27 heavy (non-hydrogen) atoms. The van der Waals surface area contributed by atoms with Gasteiger partial charge in [0.05, 0.1) is 5.56 Å². The summed E-state index contributed by atoms with van der Waals surface area (Å²) in [6.45, 7) is 0. The van der Waals surface area contributed by atoms with E-state index < -0.39 is 11.8 Å². The molecule has 0 aliphatic rings. The lowest BCUT2D eigenvalue weighted by atomic mass is 10.1. The molecule has 3 aromatic rings. The second-order valence-corrected chi connectivity index (χ2v) is 6.56. The van der Waals surface area contributed by atoms with Gasteiger partial charge < -0.3 is 4.74 Å². The van der Waals surface area contributed by atoms with Gasteiger partial charge in [-0.3, -0.25) is 4.79 Å². The predicted molar refractivity (Wildman–Crippen MR) is 105 cm³/mol. The molecule has 134 valence electrons. The maximum absolute atomic E-state index is 13.6. The number of hydrogen-bond donors (Lipinski definition) is 0. The molecule has 0 bridgehead atoms. The van der Waals surface area contributed by atoms with E-state index in [9.17, 15) is 14.0 Å². The Morgan fingerprint density at radius 2 is 1.48 bits per heavy atom. The van der Waals surface area contributed by atoms with E-state index in [-0.39, 0.29) is 5.78 Å². The summed E-state index contributed by atoms with van der Waals surface area (Å²) < 4.78 is 19.7. The number of rotatable bonds is 5. The van der Waals surface area contributed by atoms with Crippen LogP contribution in [0.1, 0.15) is 26.3 Å². The minimum absolute atomic E-state index is 0.274. The molecule has 0 aliphatic heterocycles. The van der Waals surface area contributed by atoms with Crippen molar-refractivity contribution in [2.45, 2.75) is 0 Å². The van der Waals surface area contributed by atoms with Crippen LogP contribution in [0.2, 0.25) is 0 Å². The Bertz CT molecular complexity index is 993. The molecule has 0 spiro atoms. The maximum atomic E-state index is 13.6. The SMILES string of the molecule is O=C(C=Cc1ccccc1F)c1ccc(OC(=O)c2ccc(Br)cc2)cc1. The van der Waals surface area contributed by atoms with Crippen LogP contribution in [0.4, 0.5) is 4.39 Å². The fourth-order valence-electron chi connectivity index (χ4n) is 2.31. The normalized spacial score (nSPS) is 10.7. The second-order valence-electron chi connectivity index (χ2n) is 5.64. The summed E-state index contributed by atoms with van der Waals surface area (Å²) in [6.07, 6.45) is 2.74. The van der Waals surface area contributed by atoms with Crippen LogP contribution in [0, 0.1) is 5.82 Å². The molecule has 0 amide bonds. The Morgan fingerprint density at radius 1 is 0.852 bits per heavy atom. The second kappa shape index (κ2) is 8.56. The van der Waals surface area contributed by atoms with Gasteiger partial charge in [-0.15, -0.1) is 0 Å². The third kappa shape index (κ3) is 4.99. The van der Waals surface area contributed by atoms with Gasteiger partial charge in [0.1, 0.15) is 11.6 Å². The van der Waals surface area contributed by atoms with E-state index in [1.165, 1.54) is 18.2 Å². The molecule has 0 saturated carbocycles. The van der Waals surface area contributed by atoms with Gasteiger partial charge in [-0.2, -0.15) is 0 Å². The number of carbonyl (C=O) groups is 2. The summed E-state index contributed by atoms with van der Waals surface area (Å²) in [6, 6.07) is 19.2. The predicted octanol–water partition coefficient (Wildman–Crippen LogP) is 5.70. The lowest BCUT2D eigenvalue weighted by Gasteiger charge is -2.05. The molecule has 0 fully saturated rings. The number of allylic oxidation sites excluding steroid dienone is 1. The van der Waals surface area contributed by atoms with Crippen LogP contribution in [-0.2, 0) is 0 Å². The summed E-state index contributed by atoms with van der Waals surface area (Å²) in [5.74, 6) is -0.820. The number of carbonyl (C=O) groups excluding carboxylic acids is 2. The molecule has 5 heteroatoms. The average molecular weight is 425 g/mol. The highest BCUT2D eigenvalue weighted by Gasteiger charge is 2.09. The lowest BCUT2D eigenvalue weighted by molar-refractivity contribution is 0.0734. The van der Waals surface area contributed by atoms with E-state index >= 15 is 0 Å². The van der Waals surface area contributed by atoms with Crippen LogP contribution in [0.5, 0.6) is 5.75 Å². The fraction of sp³-hybridized carbons (Fsp3) is 0. The molecule has 0 aliphatic carbocycles. The van der Waals surface area contributed by atoms with E-state index in [1.54, 1.807) is 66.7 Å². The van der Waals surface area contributed by atoms with E-state index in [1.807, 2.05) is 0 Å². The zero-order chi connectivity index (χ0) is 19.2. The largest absolute Gasteiger partial charge is 0.423 e. The Balaban J connectivity index is 1.66. The lowest BCUT2D eigenvalue weighted by Crippen LogP contribution is -2.08. The molecule has 3 aromatic carbocycles. The van der Waals surface area contributed by atoms with Gasteiger partial charge in [-0.1, -0.05) is 34.1 Å². The van der Waals surface area contributed by atoms with Crippen LogP contribution in [-0.4, -0.2) is 11.8 Å². The van der Waals surface area contributed by atoms with Crippen molar-refractivity contribution in [2.24, 2.45) is 0 Å². The van der Waals surface area contributed by atoms with Crippen molar-refractivity contribution in [1.82, 2.24) is 0 Å². The molecule has 3 rings (SSSR count). The molecule has 0 radical (unpaired) electrons. The van der Waals surface area contributed by atoms with Crippen molar-refractivity contribution in [1.29, 1.82) is 0 Å². The summed E-state index contributed by atoms with van der Waals surface area (Å²) >= 11 is 3.30. The zero-order valence-corrected chi connectivity index (χ0v) is 15.6. The van der Waals surface area contributed by atoms with Crippen LogP contribution in [0.15, 0.2) is 83.3 Å². The third-order valence-electron chi connectivity index (χ3n) is 3.75. The average Bonchev–Trinajstić information content (AvgIpc) is 2.68. The third-order valence-corrected chi connectivity index (χ3v) is 4.28. The monoisotopic (exact) mass is 424 g/mol. The first-order chi connectivity index (χ1) is 13.0. The number of esters is 1. The molecule has 0 atom stereocenters. The molecule has 3 nitrogen and oxygen atoms in total. The standard InChI is InChI=1S/C22H14BrFO3/c23-18-10-5-17(6-11-18)22(26)27-19-12-7-16(8-13-19)21(25)14-9-15-3-1-2-4-20(15)24/h1-14H. The van der Waals surface area contributed by atoms with Gasteiger partial charge in [-0.25, -0.2) is 9.18 Å². The number of halogens is 2.